The molecule has 0 aliphatic rings. The van der Waals surface area contributed by atoms with Crippen molar-refractivity contribution in [2.75, 3.05) is 0 Å². The second-order valence-electron chi connectivity index (χ2n) is 5.35. The molecule has 2 heterocycles. The van der Waals surface area contributed by atoms with Gasteiger partial charge in [-0.3, -0.25) is 14.0 Å². The maximum Gasteiger partial charge on any atom is 0.573 e. The Kier molecular flexibility index (Phi) is 4.68. The van der Waals surface area contributed by atoms with Crippen molar-refractivity contribution in [2.24, 2.45) is 0 Å². The van der Waals surface area contributed by atoms with Gasteiger partial charge in [0.25, 0.3) is 11.5 Å². The van der Waals surface area contributed by atoms with E-state index in [0.29, 0.717) is 16.2 Å². The Bertz CT molecular complexity index is 1030. The molecule has 0 fully saturated rings. The van der Waals surface area contributed by atoms with Gasteiger partial charge in [-0.15, -0.1) is 24.5 Å². The first-order valence-corrected chi connectivity index (χ1v) is 8.21. The predicted octanol–water partition coefficient (Wildman–Crippen LogP) is 2.89. The number of thiazole rings is 1. The van der Waals surface area contributed by atoms with Crippen molar-refractivity contribution >= 4 is 22.2 Å². The smallest absolute Gasteiger partial charge is 0.406 e. The van der Waals surface area contributed by atoms with Crippen LogP contribution in [0.15, 0.2) is 40.6 Å². The Labute approximate surface area is 148 Å². The average Bonchev–Trinajstić information content (AvgIpc) is 2.94. The molecule has 0 radical (unpaired) electrons. The van der Waals surface area contributed by atoms with Crippen LogP contribution >= 0.6 is 11.3 Å². The zero-order chi connectivity index (χ0) is 18.9. The van der Waals surface area contributed by atoms with Crippen LogP contribution in [0.3, 0.4) is 0 Å². The molecular formula is C16H12F3N3O3S. The van der Waals surface area contributed by atoms with Gasteiger partial charge in [0.05, 0.1) is 0 Å². The lowest BCUT2D eigenvalue weighted by Gasteiger charge is -2.10. The minimum Gasteiger partial charge on any atom is -0.406 e. The van der Waals surface area contributed by atoms with Crippen molar-refractivity contribution in [3.8, 4) is 5.75 Å². The molecule has 3 aromatic rings. The number of carbonyl (C=O) groups is 1. The summed E-state index contributed by atoms with van der Waals surface area (Å²) >= 11 is 1.28. The zero-order valence-corrected chi connectivity index (χ0v) is 14.1. The molecule has 0 spiro atoms. The Morgan fingerprint density at radius 3 is 2.88 bits per heavy atom. The second-order valence-corrected chi connectivity index (χ2v) is 6.19. The molecule has 0 aliphatic heterocycles. The lowest BCUT2D eigenvalue weighted by atomic mass is 10.2. The van der Waals surface area contributed by atoms with E-state index in [9.17, 15) is 22.8 Å². The highest BCUT2D eigenvalue weighted by molar-refractivity contribution is 7.15. The lowest BCUT2D eigenvalue weighted by Crippen LogP contribution is -2.31. The largest absolute Gasteiger partial charge is 0.573 e. The number of halogens is 3. The van der Waals surface area contributed by atoms with Crippen LogP contribution in [-0.4, -0.2) is 21.7 Å². The van der Waals surface area contributed by atoms with Crippen molar-refractivity contribution in [3.05, 3.63) is 63.0 Å². The van der Waals surface area contributed by atoms with Gasteiger partial charge >= 0.3 is 6.36 Å². The first kappa shape index (κ1) is 17.9. The molecule has 10 heteroatoms. The Hall–Kier alpha value is -2.88. The monoisotopic (exact) mass is 383 g/mol. The van der Waals surface area contributed by atoms with Crippen molar-refractivity contribution in [1.29, 1.82) is 0 Å². The molecule has 1 N–H and O–H groups in total. The first-order valence-electron chi connectivity index (χ1n) is 7.33. The number of rotatable bonds is 4. The van der Waals surface area contributed by atoms with Gasteiger partial charge < -0.3 is 10.1 Å². The number of fused-ring (bicyclic) bond motifs is 1. The normalized spacial score (nSPS) is 11.5. The number of carbonyl (C=O) groups excluding carboxylic acids is 1. The van der Waals surface area contributed by atoms with Crippen LogP contribution in [0.4, 0.5) is 13.2 Å². The standard InChI is InChI=1S/C16H12F3N3O3S/c1-9-8-26-15-21-7-12(14(24)22(9)15)13(23)20-6-10-3-2-4-11(5-10)25-16(17,18)19/h2-5,7-8H,6H2,1H3,(H,20,23). The van der Waals surface area contributed by atoms with Gasteiger partial charge in [0.1, 0.15) is 11.3 Å². The molecule has 6 nitrogen and oxygen atoms in total. The summed E-state index contributed by atoms with van der Waals surface area (Å²) in [6.45, 7) is 1.65. The van der Waals surface area contributed by atoms with Crippen LogP contribution in [0, 0.1) is 6.92 Å². The number of nitrogens with zero attached hydrogens (tertiary/aromatic N) is 2. The molecule has 0 bridgehead atoms. The number of aryl methyl sites for hydroxylation is 1. The number of hydrogen-bond donors (Lipinski definition) is 1. The molecule has 0 unspecified atom stereocenters. The molecule has 1 aromatic carbocycles. The van der Waals surface area contributed by atoms with Crippen LogP contribution in [0.1, 0.15) is 21.6 Å². The molecule has 0 aliphatic carbocycles. The third kappa shape index (κ3) is 3.85. The molecule has 2 aromatic heterocycles. The summed E-state index contributed by atoms with van der Waals surface area (Å²) in [5.41, 5.74) is 0.405. The summed E-state index contributed by atoms with van der Waals surface area (Å²) in [5.74, 6) is -1.05. The molecule has 3 rings (SSSR count). The van der Waals surface area contributed by atoms with E-state index < -0.39 is 17.8 Å². The van der Waals surface area contributed by atoms with E-state index in [1.807, 2.05) is 0 Å². The molecule has 136 valence electrons. The molecule has 26 heavy (non-hydrogen) atoms. The molecular weight excluding hydrogens is 371 g/mol. The maximum atomic E-state index is 12.4. The molecule has 0 saturated heterocycles. The van der Waals surface area contributed by atoms with Gasteiger partial charge in [-0.25, -0.2) is 4.98 Å². The van der Waals surface area contributed by atoms with Gasteiger partial charge in [-0.05, 0) is 24.6 Å². The summed E-state index contributed by atoms with van der Waals surface area (Å²) < 4.78 is 41.9. The van der Waals surface area contributed by atoms with E-state index in [-0.39, 0.29) is 17.9 Å². The lowest BCUT2D eigenvalue weighted by molar-refractivity contribution is -0.274. The van der Waals surface area contributed by atoms with Gasteiger partial charge in [-0.1, -0.05) is 12.1 Å². The van der Waals surface area contributed by atoms with E-state index in [1.165, 1.54) is 34.1 Å². The topological polar surface area (TPSA) is 72.7 Å². The third-order valence-corrected chi connectivity index (χ3v) is 4.40. The first-order chi connectivity index (χ1) is 12.2. The van der Waals surface area contributed by atoms with Crippen LogP contribution in [-0.2, 0) is 6.54 Å². The summed E-state index contributed by atoms with van der Waals surface area (Å²) in [7, 11) is 0. The van der Waals surface area contributed by atoms with Gasteiger partial charge in [0.2, 0.25) is 0 Å². The fourth-order valence-electron chi connectivity index (χ4n) is 2.31. The maximum absolute atomic E-state index is 12.4. The quantitative estimate of drug-likeness (QED) is 0.752. The van der Waals surface area contributed by atoms with Crippen molar-refractivity contribution in [2.45, 2.75) is 19.8 Å². The number of alkyl halides is 3. The summed E-state index contributed by atoms with van der Waals surface area (Å²) in [5, 5.41) is 4.24. The third-order valence-electron chi connectivity index (χ3n) is 3.45. The Morgan fingerprint density at radius 2 is 2.15 bits per heavy atom. The van der Waals surface area contributed by atoms with Crippen molar-refractivity contribution < 1.29 is 22.7 Å². The zero-order valence-electron chi connectivity index (χ0n) is 13.3. The predicted molar refractivity (Wildman–Crippen MR) is 88.4 cm³/mol. The van der Waals surface area contributed by atoms with Crippen LogP contribution in [0.5, 0.6) is 5.75 Å². The van der Waals surface area contributed by atoms with E-state index in [0.717, 1.165) is 12.1 Å². The fraction of sp³-hybridized carbons (Fsp3) is 0.188. The summed E-state index contributed by atoms with van der Waals surface area (Å²) in [4.78, 5) is 29.2. The summed E-state index contributed by atoms with van der Waals surface area (Å²) in [6, 6.07) is 5.22. The van der Waals surface area contributed by atoms with E-state index in [4.69, 9.17) is 0 Å². The van der Waals surface area contributed by atoms with Crippen LogP contribution in [0.2, 0.25) is 0 Å². The number of hydrogen-bond acceptors (Lipinski definition) is 5. The van der Waals surface area contributed by atoms with Crippen molar-refractivity contribution in [3.63, 3.8) is 0 Å². The van der Waals surface area contributed by atoms with Crippen LogP contribution < -0.4 is 15.6 Å². The minimum atomic E-state index is -4.80. The Morgan fingerprint density at radius 1 is 1.38 bits per heavy atom. The number of ether oxygens (including phenoxy) is 1. The van der Waals surface area contributed by atoms with E-state index in [1.54, 1.807) is 12.3 Å². The summed E-state index contributed by atoms with van der Waals surface area (Å²) in [6.07, 6.45) is -3.61. The SMILES string of the molecule is Cc1csc2ncc(C(=O)NCc3cccc(OC(F)(F)F)c3)c(=O)n12. The number of nitrogens with one attached hydrogen (secondary N) is 1. The molecule has 0 atom stereocenters. The average molecular weight is 383 g/mol. The second kappa shape index (κ2) is 6.79. The van der Waals surface area contributed by atoms with Crippen LogP contribution in [0.25, 0.3) is 4.96 Å². The van der Waals surface area contributed by atoms with Gasteiger partial charge in [0.15, 0.2) is 4.96 Å². The number of amides is 1. The van der Waals surface area contributed by atoms with E-state index in [2.05, 4.69) is 15.0 Å². The van der Waals surface area contributed by atoms with Crippen molar-refractivity contribution in [1.82, 2.24) is 14.7 Å². The van der Waals surface area contributed by atoms with Gasteiger partial charge in [-0.2, -0.15) is 0 Å². The fourth-order valence-corrected chi connectivity index (χ4v) is 3.14. The minimum absolute atomic E-state index is 0.0708. The molecule has 1 amide bonds. The Balaban J connectivity index is 1.75. The number of aromatic nitrogens is 2. The highest BCUT2D eigenvalue weighted by Crippen LogP contribution is 2.23. The molecule has 0 saturated carbocycles. The van der Waals surface area contributed by atoms with Gasteiger partial charge in [0, 0.05) is 23.8 Å². The number of benzene rings is 1. The highest BCUT2D eigenvalue weighted by Gasteiger charge is 2.31. The van der Waals surface area contributed by atoms with E-state index >= 15 is 0 Å². The highest BCUT2D eigenvalue weighted by atomic mass is 32.1.